The van der Waals surface area contributed by atoms with Gasteiger partial charge in [-0.1, -0.05) is 13.8 Å². The standard InChI is InChI=1S/C16H24N2O3.ClH/c1-9(2)17-14-12-8-11(18-10(3)19)6-7-13(12)21-16(4,5)15(14)20;/h6-9,14-15,17,20H,1-5H3,(H,18,19);1H/t14-,15+;/m1./s1. The molecule has 1 amide bonds. The Labute approximate surface area is 137 Å². The summed E-state index contributed by atoms with van der Waals surface area (Å²) in [5.41, 5.74) is 0.892. The van der Waals surface area contributed by atoms with Crippen molar-refractivity contribution < 1.29 is 14.6 Å². The Morgan fingerprint density at radius 1 is 1.36 bits per heavy atom. The number of rotatable bonds is 3. The molecule has 1 aliphatic rings. The lowest BCUT2D eigenvalue weighted by atomic mass is 9.86. The molecule has 0 unspecified atom stereocenters. The summed E-state index contributed by atoms with van der Waals surface area (Å²) in [6, 6.07) is 5.48. The van der Waals surface area contributed by atoms with Gasteiger partial charge in [0, 0.05) is 24.2 Å². The number of carbonyl (C=O) groups excluding carboxylic acids is 1. The minimum Gasteiger partial charge on any atom is -0.485 e. The largest absolute Gasteiger partial charge is 0.485 e. The molecule has 22 heavy (non-hydrogen) atoms. The summed E-state index contributed by atoms with van der Waals surface area (Å²) in [5.74, 6) is 0.610. The second-order valence-electron chi connectivity index (χ2n) is 6.38. The molecular formula is C16H25ClN2O3. The number of aliphatic hydroxyl groups is 1. The molecule has 0 saturated heterocycles. The molecule has 5 nitrogen and oxygen atoms in total. The van der Waals surface area contributed by atoms with E-state index in [-0.39, 0.29) is 30.4 Å². The highest BCUT2D eigenvalue weighted by Crippen LogP contribution is 2.41. The van der Waals surface area contributed by atoms with Crippen LogP contribution in [0.4, 0.5) is 5.69 Å². The first-order valence-corrected chi connectivity index (χ1v) is 7.25. The number of anilines is 1. The van der Waals surface area contributed by atoms with Crippen LogP contribution in [0.15, 0.2) is 18.2 Å². The summed E-state index contributed by atoms with van der Waals surface area (Å²) in [6.45, 7) is 9.28. The number of amides is 1. The topological polar surface area (TPSA) is 70.6 Å². The molecular weight excluding hydrogens is 304 g/mol. The van der Waals surface area contributed by atoms with Crippen molar-refractivity contribution in [3.8, 4) is 5.75 Å². The molecule has 2 rings (SSSR count). The van der Waals surface area contributed by atoms with E-state index in [4.69, 9.17) is 4.74 Å². The highest BCUT2D eigenvalue weighted by molar-refractivity contribution is 5.88. The lowest BCUT2D eigenvalue weighted by Crippen LogP contribution is -2.53. The van der Waals surface area contributed by atoms with Crippen molar-refractivity contribution in [3.05, 3.63) is 23.8 Å². The maximum Gasteiger partial charge on any atom is 0.221 e. The number of hydrogen-bond acceptors (Lipinski definition) is 4. The number of fused-ring (bicyclic) bond motifs is 1. The highest BCUT2D eigenvalue weighted by Gasteiger charge is 2.43. The maximum absolute atomic E-state index is 11.2. The number of aliphatic hydroxyl groups excluding tert-OH is 1. The van der Waals surface area contributed by atoms with Gasteiger partial charge in [0.1, 0.15) is 17.5 Å². The number of halogens is 1. The molecule has 3 N–H and O–H groups in total. The second kappa shape index (κ2) is 6.86. The van der Waals surface area contributed by atoms with Gasteiger partial charge in [0.15, 0.2) is 0 Å². The first-order chi connectivity index (χ1) is 9.70. The fourth-order valence-corrected chi connectivity index (χ4v) is 2.62. The third-order valence-corrected chi connectivity index (χ3v) is 3.58. The van der Waals surface area contributed by atoms with Gasteiger partial charge in [-0.25, -0.2) is 0 Å². The van der Waals surface area contributed by atoms with Crippen LogP contribution < -0.4 is 15.4 Å². The predicted octanol–water partition coefficient (Wildman–Crippen LogP) is 2.64. The normalized spacial score (nSPS) is 22.3. The Bertz CT molecular complexity index is 546. The summed E-state index contributed by atoms with van der Waals surface area (Å²) in [6.07, 6.45) is -0.681. The van der Waals surface area contributed by atoms with Crippen molar-refractivity contribution >= 4 is 24.0 Å². The van der Waals surface area contributed by atoms with Crippen LogP contribution in [0.3, 0.4) is 0 Å². The van der Waals surface area contributed by atoms with Crippen molar-refractivity contribution in [2.75, 3.05) is 5.32 Å². The van der Waals surface area contributed by atoms with Gasteiger partial charge in [0.05, 0.1) is 6.04 Å². The molecule has 0 fully saturated rings. The number of benzene rings is 1. The SMILES string of the molecule is CC(=O)Nc1ccc2c(c1)[C@@H](NC(C)C)[C@H](O)C(C)(C)O2.Cl. The number of ether oxygens (including phenoxy) is 1. The molecule has 1 heterocycles. The number of carbonyl (C=O) groups is 1. The minimum absolute atomic E-state index is 0. The fraction of sp³-hybridized carbons (Fsp3) is 0.562. The summed E-state index contributed by atoms with van der Waals surface area (Å²) >= 11 is 0. The summed E-state index contributed by atoms with van der Waals surface area (Å²) in [5, 5.41) is 16.7. The van der Waals surface area contributed by atoms with Crippen molar-refractivity contribution in [1.29, 1.82) is 0 Å². The molecule has 6 heteroatoms. The van der Waals surface area contributed by atoms with Crippen LogP contribution in [0, 0.1) is 0 Å². The third kappa shape index (κ3) is 3.91. The first-order valence-electron chi connectivity index (χ1n) is 7.25. The van der Waals surface area contributed by atoms with Crippen LogP contribution in [-0.4, -0.2) is 28.8 Å². The van der Waals surface area contributed by atoms with E-state index >= 15 is 0 Å². The summed E-state index contributed by atoms with van der Waals surface area (Å²) in [4.78, 5) is 11.2. The van der Waals surface area contributed by atoms with Gasteiger partial charge >= 0.3 is 0 Å². The second-order valence-corrected chi connectivity index (χ2v) is 6.38. The van der Waals surface area contributed by atoms with E-state index < -0.39 is 11.7 Å². The van der Waals surface area contributed by atoms with E-state index in [2.05, 4.69) is 10.6 Å². The average Bonchev–Trinajstić information content (AvgIpc) is 2.34. The van der Waals surface area contributed by atoms with E-state index in [1.165, 1.54) is 6.92 Å². The molecule has 0 aliphatic carbocycles. The van der Waals surface area contributed by atoms with Crippen molar-refractivity contribution in [2.24, 2.45) is 0 Å². The van der Waals surface area contributed by atoms with E-state index in [1.54, 1.807) is 6.07 Å². The van der Waals surface area contributed by atoms with Crippen molar-refractivity contribution in [3.63, 3.8) is 0 Å². The Kier molecular flexibility index (Phi) is 5.84. The molecule has 0 saturated carbocycles. The van der Waals surface area contributed by atoms with Gasteiger partial charge in [-0.15, -0.1) is 12.4 Å². The van der Waals surface area contributed by atoms with Gasteiger partial charge in [-0.2, -0.15) is 0 Å². The van der Waals surface area contributed by atoms with E-state index in [1.807, 2.05) is 39.8 Å². The highest BCUT2D eigenvalue weighted by atomic mass is 35.5. The molecule has 2 atom stereocenters. The van der Waals surface area contributed by atoms with E-state index in [0.717, 1.165) is 11.3 Å². The van der Waals surface area contributed by atoms with E-state index in [0.29, 0.717) is 5.69 Å². The monoisotopic (exact) mass is 328 g/mol. The zero-order chi connectivity index (χ0) is 15.8. The lowest BCUT2D eigenvalue weighted by Gasteiger charge is -2.43. The molecule has 0 spiro atoms. The van der Waals surface area contributed by atoms with Gasteiger partial charge in [-0.3, -0.25) is 4.79 Å². The average molecular weight is 329 g/mol. The van der Waals surface area contributed by atoms with Crippen LogP contribution in [0.1, 0.15) is 46.2 Å². The molecule has 1 aromatic rings. The van der Waals surface area contributed by atoms with Gasteiger partial charge in [-0.05, 0) is 32.0 Å². The lowest BCUT2D eigenvalue weighted by molar-refractivity contribution is -0.114. The molecule has 0 aromatic heterocycles. The van der Waals surface area contributed by atoms with Gasteiger partial charge in [0.2, 0.25) is 5.91 Å². The first kappa shape index (κ1) is 18.7. The van der Waals surface area contributed by atoms with Crippen LogP contribution in [0.2, 0.25) is 0 Å². The Hall–Kier alpha value is -1.30. The minimum atomic E-state index is -0.681. The van der Waals surface area contributed by atoms with E-state index in [9.17, 15) is 9.90 Å². The Morgan fingerprint density at radius 2 is 2.00 bits per heavy atom. The maximum atomic E-state index is 11.2. The third-order valence-electron chi connectivity index (χ3n) is 3.58. The number of hydrogen-bond donors (Lipinski definition) is 3. The number of nitrogens with one attached hydrogen (secondary N) is 2. The fourth-order valence-electron chi connectivity index (χ4n) is 2.62. The zero-order valence-corrected chi connectivity index (χ0v) is 14.5. The van der Waals surface area contributed by atoms with Gasteiger partial charge < -0.3 is 20.5 Å². The van der Waals surface area contributed by atoms with Crippen molar-refractivity contribution in [2.45, 2.75) is 58.4 Å². The molecule has 1 aliphatic heterocycles. The molecule has 0 radical (unpaired) electrons. The predicted molar refractivity (Wildman–Crippen MR) is 89.7 cm³/mol. The quantitative estimate of drug-likeness (QED) is 0.797. The summed E-state index contributed by atoms with van der Waals surface area (Å²) in [7, 11) is 0. The molecule has 124 valence electrons. The zero-order valence-electron chi connectivity index (χ0n) is 13.6. The molecule has 1 aromatic carbocycles. The smallest absolute Gasteiger partial charge is 0.221 e. The Morgan fingerprint density at radius 3 is 2.55 bits per heavy atom. The van der Waals surface area contributed by atoms with Gasteiger partial charge in [0.25, 0.3) is 0 Å². The van der Waals surface area contributed by atoms with Crippen LogP contribution in [-0.2, 0) is 4.79 Å². The van der Waals surface area contributed by atoms with Crippen molar-refractivity contribution in [1.82, 2.24) is 5.32 Å². The van der Waals surface area contributed by atoms with Crippen LogP contribution in [0.25, 0.3) is 0 Å². The van der Waals surface area contributed by atoms with Crippen LogP contribution >= 0.6 is 12.4 Å². The van der Waals surface area contributed by atoms with Crippen LogP contribution in [0.5, 0.6) is 5.75 Å². The molecule has 0 bridgehead atoms. The summed E-state index contributed by atoms with van der Waals surface area (Å²) < 4.78 is 5.90. The Balaban J connectivity index is 0.00000242.